The molecule has 0 aromatic carbocycles. The number of hydrogen-bond acceptors (Lipinski definition) is 4. The van der Waals surface area contributed by atoms with Crippen molar-refractivity contribution in [1.29, 1.82) is 0 Å². The van der Waals surface area contributed by atoms with Crippen molar-refractivity contribution in [2.45, 2.75) is 25.0 Å². The maximum atomic E-state index is 5.68. The van der Waals surface area contributed by atoms with Crippen LogP contribution in [0.2, 0.25) is 0 Å². The normalized spacial score (nSPS) is 22.9. The molecule has 0 bridgehead atoms. The fraction of sp³-hybridized carbons (Fsp3) is 0.600. The molecule has 15 heavy (non-hydrogen) atoms. The van der Waals surface area contributed by atoms with Crippen molar-refractivity contribution >= 4 is 12.2 Å². The van der Waals surface area contributed by atoms with Crippen molar-refractivity contribution in [2.75, 3.05) is 13.2 Å². The van der Waals surface area contributed by atoms with Crippen LogP contribution in [0.25, 0.3) is 0 Å². The van der Waals surface area contributed by atoms with Crippen LogP contribution >= 0.6 is 12.2 Å². The molecule has 2 heterocycles. The number of fused-ring (bicyclic) bond motifs is 1. The first-order valence-electron chi connectivity index (χ1n) is 5.12. The van der Waals surface area contributed by atoms with Crippen LogP contribution in [0.15, 0.2) is 6.33 Å². The van der Waals surface area contributed by atoms with Crippen LogP contribution in [0.4, 0.5) is 0 Å². The predicted molar refractivity (Wildman–Crippen MR) is 56.1 cm³/mol. The van der Waals surface area contributed by atoms with Gasteiger partial charge in [0, 0.05) is 24.1 Å². The monoisotopic (exact) mass is 224 g/mol. The molecule has 1 spiro atoms. The topological polar surface area (TPSA) is 47.1 Å². The highest BCUT2D eigenvalue weighted by Gasteiger charge is 2.40. The van der Waals surface area contributed by atoms with E-state index in [4.69, 9.17) is 21.7 Å². The van der Waals surface area contributed by atoms with Crippen molar-refractivity contribution in [3.63, 3.8) is 0 Å². The highest BCUT2D eigenvalue weighted by atomic mass is 32.1. The molecule has 2 aliphatic rings. The molecule has 1 aromatic heterocycles. The SMILES string of the molecule is S=c1nc[nH]c2c1CC1(CC2)OCCO1. The van der Waals surface area contributed by atoms with Crippen molar-refractivity contribution in [2.24, 2.45) is 0 Å². The number of nitrogens with zero attached hydrogens (tertiary/aromatic N) is 1. The molecule has 0 radical (unpaired) electrons. The number of nitrogens with one attached hydrogen (secondary N) is 1. The van der Waals surface area contributed by atoms with E-state index in [-0.39, 0.29) is 0 Å². The summed E-state index contributed by atoms with van der Waals surface area (Å²) < 4.78 is 12.0. The first kappa shape index (κ1) is 9.45. The Balaban J connectivity index is 2.01. The number of aryl methyl sites for hydroxylation is 1. The lowest BCUT2D eigenvalue weighted by Gasteiger charge is -2.32. The Morgan fingerprint density at radius 2 is 2.20 bits per heavy atom. The molecule has 0 atom stereocenters. The average Bonchev–Trinajstić information content (AvgIpc) is 2.68. The van der Waals surface area contributed by atoms with Gasteiger partial charge in [-0.15, -0.1) is 0 Å². The standard InChI is InChI=1S/C10H12N2O2S/c15-9-7-5-10(13-3-4-14-10)2-1-8(7)11-6-12-9/h6H,1-5H2,(H,11,12,15). The Bertz CT molecular complexity index is 437. The Hall–Kier alpha value is -0.780. The molecule has 4 nitrogen and oxygen atoms in total. The molecule has 0 saturated carbocycles. The van der Waals surface area contributed by atoms with Gasteiger partial charge >= 0.3 is 0 Å². The zero-order valence-corrected chi connectivity index (χ0v) is 9.10. The van der Waals surface area contributed by atoms with Crippen LogP contribution in [-0.4, -0.2) is 29.0 Å². The van der Waals surface area contributed by atoms with E-state index in [1.165, 1.54) is 5.69 Å². The van der Waals surface area contributed by atoms with Crippen LogP contribution in [0.3, 0.4) is 0 Å². The molecule has 1 fully saturated rings. The van der Waals surface area contributed by atoms with Gasteiger partial charge < -0.3 is 14.5 Å². The second-order valence-electron chi connectivity index (χ2n) is 3.95. The number of rotatable bonds is 0. The molecule has 80 valence electrons. The lowest BCUT2D eigenvalue weighted by atomic mass is 9.92. The minimum absolute atomic E-state index is 0.419. The average molecular weight is 224 g/mol. The van der Waals surface area contributed by atoms with Gasteiger partial charge in [0.05, 0.1) is 19.5 Å². The van der Waals surface area contributed by atoms with Crippen LogP contribution in [0.1, 0.15) is 17.7 Å². The van der Waals surface area contributed by atoms with E-state index >= 15 is 0 Å². The number of H-pyrrole nitrogens is 1. The van der Waals surface area contributed by atoms with Gasteiger partial charge in [-0.3, -0.25) is 0 Å². The van der Waals surface area contributed by atoms with Crippen molar-refractivity contribution in [3.8, 4) is 0 Å². The van der Waals surface area contributed by atoms with Gasteiger partial charge in [-0.05, 0) is 6.42 Å². The Morgan fingerprint density at radius 3 is 3.00 bits per heavy atom. The van der Waals surface area contributed by atoms with Crippen molar-refractivity contribution < 1.29 is 9.47 Å². The van der Waals surface area contributed by atoms with E-state index in [0.717, 1.165) is 24.8 Å². The third-order valence-electron chi connectivity index (χ3n) is 3.06. The summed E-state index contributed by atoms with van der Waals surface area (Å²) in [6.45, 7) is 1.37. The molecule has 3 rings (SSSR count). The van der Waals surface area contributed by atoms with E-state index in [2.05, 4.69) is 9.97 Å². The van der Waals surface area contributed by atoms with Crippen LogP contribution in [-0.2, 0) is 22.3 Å². The molecule has 0 amide bonds. The highest BCUT2D eigenvalue weighted by molar-refractivity contribution is 7.71. The zero-order chi connectivity index (χ0) is 10.3. The highest BCUT2D eigenvalue weighted by Crippen LogP contribution is 2.34. The summed E-state index contributed by atoms with van der Waals surface area (Å²) >= 11 is 5.22. The summed E-state index contributed by atoms with van der Waals surface area (Å²) in [5, 5.41) is 0. The maximum Gasteiger partial charge on any atom is 0.173 e. The summed E-state index contributed by atoms with van der Waals surface area (Å²) in [5.41, 5.74) is 2.26. The fourth-order valence-corrected chi connectivity index (χ4v) is 2.53. The van der Waals surface area contributed by atoms with E-state index in [9.17, 15) is 0 Å². The van der Waals surface area contributed by atoms with Gasteiger partial charge in [-0.25, -0.2) is 4.98 Å². The van der Waals surface area contributed by atoms with Crippen LogP contribution in [0, 0.1) is 4.64 Å². The lowest BCUT2D eigenvalue weighted by molar-refractivity contribution is -0.164. The van der Waals surface area contributed by atoms with E-state index < -0.39 is 5.79 Å². The molecule has 1 N–H and O–H groups in total. The van der Waals surface area contributed by atoms with Gasteiger partial charge in [0.1, 0.15) is 4.64 Å². The van der Waals surface area contributed by atoms with Gasteiger partial charge in [-0.2, -0.15) is 0 Å². The molecule has 5 heteroatoms. The van der Waals surface area contributed by atoms with Crippen molar-refractivity contribution in [3.05, 3.63) is 22.2 Å². The predicted octanol–water partition coefficient (Wildman–Crippen LogP) is 1.37. The van der Waals surface area contributed by atoms with Gasteiger partial charge in [0.2, 0.25) is 0 Å². The van der Waals surface area contributed by atoms with Gasteiger partial charge in [-0.1, -0.05) is 12.2 Å². The Morgan fingerprint density at radius 1 is 1.40 bits per heavy atom. The Kier molecular flexibility index (Phi) is 2.12. The molecule has 1 aromatic rings. The summed E-state index contributed by atoms with van der Waals surface area (Å²) in [4.78, 5) is 7.24. The summed E-state index contributed by atoms with van der Waals surface area (Å²) in [6.07, 6.45) is 4.21. The smallest absolute Gasteiger partial charge is 0.173 e. The number of aromatic amines is 1. The molecular weight excluding hydrogens is 212 g/mol. The summed E-state index contributed by atoms with van der Waals surface area (Å²) in [7, 11) is 0. The molecule has 1 aliphatic heterocycles. The van der Waals surface area contributed by atoms with Gasteiger partial charge in [0.25, 0.3) is 0 Å². The van der Waals surface area contributed by atoms with E-state index in [1.807, 2.05) is 0 Å². The molecular formula is C10H12N2O2S. The third kappa shape index (κ3) is 1.51. The first-order valence-corrected chi connectivity index (χ1v) is 5.53. The van der Waals surface area contributed by atoms with E-state index in [1.54, 1.807) is 6.33 Å². The Labute approximate surface area is 92.6 Å². The molecule has 1 saturated heterocycles. The minimum Gasteiger partial charge on any atom is -0.349 e. The third-order valence-corrected chi connectivity index (χ3v) is 3.41. The van der Waals surface area contributed by atoms with Crippen LogP contribution < -0.4 is 0 Å². The zero-order valence-electron chi connectivity index (χ0n) is 8.28. The number of hydrogen-bond donors (Lipinski definition) is 1. The largest absolute Gasteiger partial charge is 0.349 e. The van der Waals surface area contributed by atoms with Crippen molar-refractivity contribution in [1.82, 2.24) is 9.97 Å². The van der Waals surface area contributed by atoms with Gasteiger partial charge in [0.15, 0.2) is 5.79 Å². The number of aromatic nitrogens is 2. The second kappa shape index (κ2) is 3.37. The number of ether oxygens (including phenoxy) is 2. The second-order valence-corrected chi connectivity index (χ2v) is 4.34. The molecule has 1 aliphatic carbocycles. The molecule has 0 unspecified atom stereocenters. The summed E-state index contributed by atoms with van der Waals surface area (Å²) in [5.74, 6) is -0.419. The minimum atomic E-state index is -0.419. The summed E-state index contributed by atoms with van der Waals surface area (Å²) in [6, 6.07) is 0. The van der Waals surface area contributed by atoms with E-state index in [0.29, 0.717) is 17.9 Å². The van der Waals surface area contributed by atoms with Crippen LogP contribution in [0.5, 0.6) is 0 Å². The lowest BCUT2D eigenvalue weighted by Crippen LogP contribution is -2.37. The first-order chi connectivity index (χ1) is 7.29. The quantitative estimate of drug-likeness (QED) is 0.676. The fourth-order valence-electron chi connectivity index (χ4n) is 2.28. The maximum absolute atomic E-state index is 5.68.